The van der Waals surface area contributed by atoms with Crippen molar-refractivity contribution < 1.29 is 0 Å². The van der Waals surface area contributed by atoms with Crippen LogP contribution in [0.1, 0.15) is 31.4 Å². The van der Waals surface area contributed by atoms with E-state index in [1.165, 1.54) is 103 Å². The number of fused-ring (bicyclic) bond motifs is 13. The van der Waals surface area contributed by atoms with Gasteiger partial charge in [-0.05, 0) is 91.4 Å². The zero-order valence-corrected chi connectivity index (χ0v) is 30.0. The van der Waals surface area contributed by atoms with Crippen LogP contribution in [0.4, 0.5) is 0 Å². The quantitative estimate of drug-likeness (QED) is 0.171. The Morgan fingerprint density at radius 3 is 2.17 bits per heavy atom. The summed E-state index contributed by atoms with van der Waals surface area (Å²) in [6.07, 6.45) is 9.79. The van der Waals surface area contributed by atoms with E-state index in [2.05, 4.69) is 170 Å². The van der Waals surface area contributed by atoms with Crippen molar-refractivity contribution in [2.45, 2.75) is 25.7 Å². The van der Waals surface area contributed by atoms with Crippen molar-refractivity contribution in [3.05, 3.63) is 169 Å². The van der Waals surface area contributed by atoms with Gasteiger partial charge in [0.2, 0.25) is 0 Å². The molecule has 2 aliphatic carbocycles. The maximum absolute atomic E-state index is 4.74. The van der Waals surface area contributed by atoms with Crippen molar-refractivity contribution in [1.82, 2.24) is 4.57 Å². The van der Waals surface area contributed by atoms with Crippen LogP contribution in [0.2, 0.25) is 0 Å². The van der Waals surface area contributed by atoms with Gasteiger partial charge in [-0.2, -0.15) is 0 Å². The molecule has 2 aromatic heterocycles. The largest absolute Gasteiger partial charge is 0.309 e. The zero-order valence-electron chi connectivity index (χ0n) is 29.2. The van der Waals surface area contributed by atoms with Gasteiger partial charge in [-0.3, -0.25) is 0 Å². The van der Waals surface area contributed by atoms with Gasteiger partial charge in [0.05, 0.1) is 11.0 Å². The molecule has 0 amide bonds. The maximum Gasteiger partial charge on any atom is 0.0592 e. The molecule has 0 radical (unpaired) electrons. The molecule has 0 saturated carbocycles. The fraction of sp³-hybridized carbons (Fsp3) is 0.0800. The van der Waals surface area contributed by atoms with E-state index in [4.69, 9.17) is 6.58 Å². The second-order valence-electron chi connectivity index (χ2n) is 15.0. The van der Waals surface area contributed by atoms with E-state index in [-0.39, 0.29) is 5.41 Å². The van der Waals surface area contributed by atoms with Gasteiger partial charge in [0, 0.05) is 42.2 Å². The van der Waals surface area contributed by atoms with Crippen molar-refractivity contribution in [1.29, 1.82) is 0 Å². The Kier molecular flexibility index (Phi) is 6.16. The highest BCUT2D eigenvalue weighted by molar-refractivity contribution is 7.26. The van der Waals surface area contributed by atoms with Crippen LogP contribution in [0.25, 0.3) is 97.4 Å². The molecule has 246 valence electrons. The summed E-state index contributed by atoms with van der Waals surface area (Å²) in [7, 11) is 0. The lowest BCUT2D eigenvalue weighted by molar-refractivity contribution is 0.537. The number of benzene rings is 7. The average Bonchev–Trinajstić information content (AvgIpc) is 3.83. The SMILES string of the molecule is C=C1/C=C\C=C/CC(C)(C)c2c1c1sc3ccccc3c1c1c3ccccc3n(-c3cccc(-c4ccc5c6c(cccc46)-c4ccccc4-5)c3)c21. The summed E-state index contributed by atoms with van der Waals surface area (Å²) >= 11 is 1.91. The molecular weight excluding hydrogens is 647 g/mol. The average molecular weight is 682 g/mol. The van der Waals surface area contributed by atoms with Crippen LogP contribution in [0.5, 0.6) is 0 Å². The number of hydrogen-bond acceptors (Lipinski definition) is 1. The number of thiophene rings is 1. The zero-order chi connectivity index (χ0) is 34.7. The van der Waals surface area contributed by atoms with Crippen LogP contribution in [-0.2, 0) is 5.41 Å². The third-order valence-electron chi connectivity index (χ3n) is 11.6. The smallest absolute Gasteiger partial charge is 0.0592 e. The molecule has 1 nitrogen and oxygen atoms in total. The van der Waals surface area contributed by atoms with E-state index < -0.39 is 0 Å². The lowest BCUT2D eigenvalue weighted by Crippen LogP contribution is -2.20. The van der Waals surface area contributed by atoms with Gasteiger partial charge in [0.15, 0.2) is 0 Å². The molecule has 7 aromatic carbocycles. The summed E-state index contributed by atoms with van der Waals surface area (Å²) < 4.78 is 5.21. The van der Waals surface area contributed by atoms with E-state index in [0.29, 0.717) is 0 Å². The fourth-order valence-electron chi connectivity index (χ4n) is 9.34. The molecule has 0 aliphatic heterocycles. The van der Waals surface area contributed by atoms with Gasteiger partial charge >= 0.3 is 0 Å². The van der Waals surface area contributed by atoms with E-state index in [0.717, 1.165) is 12.0 Å². The van der Waals surface area contributed by atoms with Gasteiger partial charge < -0.3 is 4.57 Å². The molecule has 2 heteroatoms. The molecule has 0 spiro atoms. The summed E-state index contributed by atoms with van der Waals surface area (Å²) in [4.78, 5) is 0. The Hall–Kier alpha value is -5.96. The number of para-hydroxylation sites is 1. The molecule has 9 aromatic rings. The lowest BCUT2D eigenvalue weighted by atomic mass is 9.76. The predicted molar refractivity (Wildman–Crippen MR) is 226 cm³/mol. The topological polar surface area (TPSA) is 4.93 Å². The van der Waals surface area contributed by atoms with Crippen molar-refractivity contribution >= 4 is 69.7 Å². The van der Waals surface area contributed by atoms with Crippen LogP contribution in [0.3, 0.4) is 0 Å². The molecule has 2 aliphatic rings. The van der Waals surface area contributed by atoms with Gasteiger partial charge in [0.25, 0.3) is 0 Å². The third-order valence-corrected chi connectivity index (χ3v) is 12.8. The van der Waals surface area contributed by atoms with Gasteiger partial charge in [-0.1, -0.05) is 148 Å². The Balaban J connectivity index is 1.27. The molecule has 0 unspecified atom stereocenters. The molecule has 0 saturated heterocycles. The van der Waals surface area contributed by atoms with Crippen LogP contribution in [-0.4, -0.2) is 4.57 Å². The highest BCUT2D eigenvalue weighted by Crippen LogP contribution is 2.53. The lowest BCUT2D eigenvalue weighted by Gasteiger charge is -2.29. The van der Waals surface area contributed by atoms with E-state index >= 15 is 0 Å². The molecule has 0 atom stereocenters. The first-order chi connectivity index (χ1) is 25.5. The molecule has 52 heavy (non-hydrogen) atoms. The number of hydrogen-bond donors (Lipinski definition) is 0. The summed E-state index contributed by atoms with van der Waals surface area (Å²) in [5.41, 5.74) is 15.0. The molecule has 0 fully saturated rings. The first kappa shape index (κ1) is 29.7. The van der Waals surface area contributed by atoms with Crippen LogP contribution in [0, 0.1) is 0 Å². The number of allylic oxidation sites excluding steroid dienone is 5. The summed E-state index contributed by atoms with van der Waals surface area (Å²) in [6.45, 7) is 9.57. The molecule has 0 N–H and O–H groups in total. The highest BCUT2D eigenvalue weighted by Gasteiger charge is 2.33. The molecule has 0 bridgehead atoms. The second kappa shape index (κ2) is 10.8. The Labute approximate surface area is 307 Å². The minimum atomic E-state index is -0.167. The normalized spacial score (nSPS) is 15.9. The number of nitrogens with zero attached hydrogens (tertiary/aromatic N) is 1. The minimum absolute atomic E-state index is 0.167. The Morgan fingerprint density at radius 2 is 1.31 bits per heavy atom. The monoisotopic (exact) mass is 681 g/mol. The highest BCUT2D eigenvalue weighted by atomic mass is 32.1. The first-order valence-electron chi connectivity index (χ1n) is 18.2. The molecule has 2 heterocycles. The number of rotatable bonds is 2. The van der Waals surface area contributed by atoms with Crippen LogP contribution in [0.15, 0.2) is 158 Å². The fourth-order valence-corrected chi connectivity index (χ4v) is 10.6. The minimum Gasteiger partial charge on any atom is -0.309 e. The van der Waals surface area contributed by atoms with Crippen LogP contribution < -0.4 is 0 Å². The first-order valence-corrected chi connectivity index (χ1v) is 19.0. The van der Waals surface area contributed by atoms with Crippen molar-refractivity contribution in [2.24, 2.45) is 0 Å². The van der Waals surface area contributed by atoms with E-state index in [1.807, 2.05) is 11.3 Å². The third kappa shape index (κ3) is 3.99. The van der Waals surface area contributed by atoms with Gasteiger partial charge in [-0.15, -0.1) is 11.3 Å². The van der Waals surface area contributed by atoms with Crippen molar-refractivity contribution in [2.75, 3.05) is 0 Å². The van der Waals surface area contributed by atoms with E-state index in [1.54, 1.807) is 0 Å². The summed E-state index contributed by atoms with van der Waals surface area (Å²) in [5.74, 6) is 0. The summed E-state index contributed by atoms with van der Waals surface area (Å²) in [5, 5.41) is 7.93. The predicted octanol–water partition coefficient (Wildman–Crippen LogP) is 14.4. The standard InChI is InChI=1S/C50H35NS/c1-30-15-5-4-12-28-50(2,3)47-43(30)49-46(40-21-9-11-25-42(40)52-49)45-39-20-8-10-24-41(39)51(48(45)47)32-17-13-16-31(29-32)33-26-27-38-35-19-7-6-18-34(35)37-23-14-22-36(33)44(37)38/h4-27,29H,1,28H2,2-3H3/b12-4-,15-5-. The molecular formula is C50H35NS. The van der Waals surface area contributed by atoms with Crippen LogP contribution >= 0.6 is 11.3 Å². The summed E-state index contributed by atoms with van der Waals surface area (Å²) in [6, 6.07) is 47.5. The van der Waals surface area contributed by atoms with Crippen molar-refractivity contribution in [3.63, 3.8) is 0 Å². The van der Waals surface area contributed by atoms with Crippen molar-refractivity contribution in [3.8, 4) is 39.1 Å². The Bertz CT molecular complexity index is 3060. The molecule has 11 rings (SSSR count). The Morgan fingerprint density at radius 1 is 0.615 bits per heavy atom. The van der Waals surface area contributed by atoms with Gasteiger partial charge in [-0.25, -0.2) is 0 Å². The van der Waals surface area contributed by atoms with E-state index in [9.17, 15) is 0 Å². The maximum atomic E-state index is 4.74. The van der Waals surface area contributed by atoms with Gasteiger partial charge in [0.1, 0.15) is 0 Å². The second-order valence-corrected chi connectivity index (χ2v) is 16.1. The number of aromatic nitrogens is 1.